The van der Waals surface area contributed by atoms with Crippen molar-refractivity contribution in [2.45, 2.75) is 32.7 Å². The summed E-state index contributed by atoms with van der Waals surface area (Å²) in [4.78, 5) is 0. The van der Waals surface area contributed by atoms with Crippen molar-refractivity contribution < 1.29 is 9.47 Å². The summed E-state index contributed by atoms with van der Waals surface area (Å²) in [5.74, 6) is 1.50. The van der Waals surface area contributed by atoms with Crippen LogP contribution in [0.1, 0.15) is 31.7 Å². The van der Waals surface area contributed by atoms with E-state index in [1.165, 1.54) is 12.8 Å². The van der Waals surface area contributed by atoms with E-state index in [4.69, 9.17) is 15.2 Å². The minimum atomic E-state index is 0.491. The maximum atomic E-state index is 5.75. The Kier molecular flexibility index (Phi) is 6.37. The van der Waals surface area contributed by atoms with Crippen LogP contribution in [-0.4, -0.2) is 13.7 Å². The second-order valence-electron chi connectivity index (χ2n) is 3.87. The molecule has 0 aliphatic heterocycles. The first kappa shape index (κ1) is 14.3. The molecule has 0 unspecified atom stereocenters. The molecule has 4 heteroatoms. The average molecular weight is 302 g/mol. The number of benzene rings is 1. The highest BCUT2D eigenvalue weighted by molar-refractivity contribution is 9.10. The number of rotatable bonds is 7. The second-order valence-corrected chi connectivity index (χ2v) is 4.72. The third-order valence-corrected chi connectivity index (χ3v) is 3.11. The number of ether oxygens (including phenoxy) is 2. The standard InChI is InChI=1S/C13H20BrNO2/c1-3-4-5-6-17-13-11(14)7-10(9-15)8-12(13)16-2/h7-8H,3-6,9,15H2,1-2H3. The topological polar surface area (TPSA) is 44.5 Å². The van der Waals surface area contributed by atoms with Gasteiger partial charge in [-0.2, -0.15) is 0 Å². The molecular formula is C13H20BrNO2. The van der Waals surface area contributed by atoms with Crippen LogP contribution in [-0.2, 0) is 6.54 Å². The summed E-state index contributed by atoms with van der Waals surface area (Å²) in [7, 11) is 1.64. The summed E-state index contributed by atoms with van der Waals surface area (Å²) in [5, 5.41) is 0. The summed E-state index contributed by atoms with van der Waals surface area (Å²) in [6.45, 7) is 3.38. The number of hydrogen-bond acceptors (Lipinski definition) is 3. The largest absolute Gasteiger partial charge is 0.493 e. The summed E-state index contributed by atoms with van der Waals surface area (Å²) in [6, 6.07) is 3.89. The highest BCUT2D eigenvalue weighted by atomic mass is 79.9. The van der Waals surface area contributed by atoms with Crippen molar-refractivity contribution in [3.05, 3.63) is 22.2 Å². The van der Waals surface area contributed by atoms with E-state index < -0.39 is 0 Å². The minimum absolute atomic E-state index is 0.491. The van der Waals surface area contributed by atoms with Gasteiger partial charge in [0, 0.05) is 6.54 Å². The molecule has 0 aliphatic rings. The van der Waals surface area contributed by atoms with Crippen molar-refractivity contribution >= 4 is 15.9 Å². The molecule has 0 amide bonds. The van der Waals surface area contributed by atoms with Crippen LogP contribution in [0.5, 0.6) is 11.5 Å². The molecule has 0 heterocycles. The Morgan fingerprint density at radius 2 is 2.06 bits per heavy atom. The molecule has 3 nitrogen and oxygen atoms in total. The van der Waals surface area contributed by atoms with Gasteiger partial charge in [-0.1, -0.05) is 19.8 Å². The number of unbranched alkanes of at least 4 members (excludes halogenated alkanes) is 2. The van der Waals surface area contributed by atoms with Gasteiger partial charge in [0.15, 0.2) is 11.5 Å². The van der Waals surface area contributed by atoms with Gasteiger partial charge in [-0.25, -0.2) is 0 Å². The van der Waals surface area contributed by atoms with Crippen LogP contribution >= 0.6 is 15.9 Å². The molecule has 0 atom stereocenters. The predicted molar refractivity (Wildman–Crippen MR) is 73.6 cm³/mol. The number of nitrogens with two attached hydrogens (primary N) is 1. The van der Waals surface area contributed by atoms with E-state index in [1.54, 1.807) is 7.11 Å². The highest BCUT2D eigenvalue weighted by Gasteiger charge is 2.10. The Hall–Kier alpha value is -0.740. The van der Waals surface area contributed by atoms with Crippen LogP contribution < -0.4 is 15.2 Å². The zero-order valence-corrected chi connectivity index (χ0v) is 12.0. The van der Waals surface area contributed by atoms with Crippen molar-refractivity contribution in [3.63, 3.8) is 0 Å². The smallest absolute Gasteiger partial charge is 0.175 e. The lowest BCUT2D eigenvalue weighted by molar-refractivity contribution is 0.284. The highest BCUT2D eigenvalue weighted by Crippen LogP contribution is 2.36. The molecule has 2 N–H and O–H groups in total. The molecule has 96 valence electrons. The van der Waals surface area contributed by atoms with Crippen LogP contribution in [0.2, 0.25) is 0 Å². The lowest BCUT2D eigenvalue weighted by Crippen LogP contribution is -2.02. The van der Waals surface area contributed by atoms with Gasteiger partial charge in [0.25, 0.3) is 0 Å². The normalized spacial score (nSPS) is 10.4. The van der Waals surface area contributed by atoms with Gasteiger partial charge in [0.2, 0.25) is 0 Å². The van der Waals surface area contributed by atoms with E-state index in [1.807, 2.05) is 12.1 Å². The maximum Gasteiger partial charge on any atom is 0.175 e. The SMILES string of the molecule is CCCCCOc1c(Br)cc(CN)cc1OC. The molecule has 0 aliphatic carbocycles. The Labute approximate surface area is 111 Å². The first-order valence-electron chi connectivity index (χ1n) is 5.92. The quantitative estimate of drug-likeness (QED) is 0.784. The fraction of sp³-hybridized carbons (Fsp3) is 0.538. The Morgan fingerprint density at radius 1 is 1.29 bits per heavy atom. The summed E-state index contributed by atoms with van der Waals surface area (Å²) >= 11 is 3.49. The Balaban J connectivity index is 2.75. The molecule has 0 fully saturated rings. The predicted octanol–water partition coefficient (Wildman–Crippen LogP) is 3.49. The van der Waals surface area contributed by atoms with Crippen LogP contribution in [0.25, 0.3) is 0 Å². The molecule has 0 saturated carbocycles. The fourth-order valence-electron chi connectivity index (χ4n) is 1.56. The summed E-state index contributed by atoms with van der Waals surface area (Å²) in [5.41, 5.74) is 6.64. The second kappa shape index (κ2) is 7.56. The van der Waals surface area contributed by atoms with Gasteiger partial charge in [0.05, 0.1) is 18.2 Å². The van der Waals surface area contributed by atoms with Crippen LogP contribution in [0.15, 0.2) is 16.6 Å². The molecular weight excluding hydrogens is 282 g/mol. The van der Waals surface area contributed by atoms with Gasteiger partial charge >= 0.3 is 0 Å². The van der Waals surface area contributed by atoms with Crippen molar-refractivity contribution in [1.82, 2.24) is 0 Å². The summed E-state index contributed by atoms with van der Waals surface area (Å²) < 4.78 is 12.0. The van der Waals surface area contributed by atoms with Gasteiger partial charge in [-0.05, 0) is 40.0 Å². The van der Waals surface area contributed by atoms with Crippen molar-refractivity contribution in [2.24, 2.45) is 5.73 Å². The maximum absolute atomic E-state index is 5.75. The average Bonchev–Trinajstić information content (AvgIpc) is 2.35. The Morgan fingerprint density at radius 3 is 2.65 bits per heavy atom. The van der Waals surface area contributed by atoms with E-state index >= 15 is 0 Å². The van der Waals surface area contributed by atoms with Gasteiger partial charge in [-0.3, -0.25) is 0 Å². The van der Waals surface area contributed by atoms with Gasteiger partial charge < -0.3 is 15.2 Å². The van der Waals surface area contributed by atoms with Crippen molar-refractivity contribution in [1.29, 1.82) is 0 Å². The van der Waals surface area contributed by atoms with E-state index in [9.17, 15) is 0 Å². The molecule has 0 aromatic heterocycles. The van der Waals surface area contributed by atoms with E-state index in [-0.39, 0.29) is 0 Å². The van der Waals surface area contributed by atoms with Crippen LogP contribution in [0, 0.1) is 0 Å². The first-order chi connectivity index (χ1) is 8.22. The monoisotopic (exact) mass is 301 g/mol. The molecule has 0 spiro atoms. The van der Waals surface area contributed by atoms with Crippen LogP contribution in [0.4, 0.5) is 0 Å². The molecule has 1 aromatic rings. The number of hydrogen-bond donors (Lipinski definition) is 1. The van der Waals surface area contributed by atoms with E-state index in [2.05, 4.69) is 22.9 Å². The molecule has 0 bridgehead atoms. The lowest BCUT2D eigenvalue weighted by Gasteiger charge is -2.13. The molecule has 17 heavy (non-hydrogen) atoms. The van der Waals surface area contributed by atoms with E-state index in [0.717, 1.165) is 28.0 Å². The van der Waals surface area contributed by atoms with Gasteiger partial charge in [0.1, 0.15) is 0 Å². The van der Waals surface area contributed by atoms with Crippen molar-refractivity contribution in [2.75, 3.05) is 13.7 Å². The minimum Gasteiger partial charge on any atom is -0.493 e. The Bertz CT molecular complexity index is 356. The molecule has 0 radical (unpaired) electrons. The van der Waals surface area contributed by atoms with Crippen LogP contribution in [0.3, 0.4) is 0 Å². The first-order valence-corrected chi connectivity index (χ1v) is 6.71. The number of halogens is 1. The third kappa shape index (κ3) is 4.21. The van der Waals surface area contributed by atoms with Crippen molar-refractivity contribution in [3.8, 4) is 11.5 Å². The lowest BCUT2D eigenvalue weighted by atomic mass is 10.2. The van der Waals surface area contributed by atoms with E-state index in [0.29, 0.717) is 13.2 Å². The third-order valence-electron chi connectivity index (χ3n) is 2.52. The molecule has 0 saturated heterocycles. The van der Waals surface area contributed by atoms with Gasteiger partial charge in [-0.15, -0.1) is 0 Å². The molecule has 1 rings (SSSR count). The summed E-state index contributed by atoms with van der Waals surface area (Å²) in [6.07, 6.45) is 3.43. The molecule has 1 aromatic carbocycles. The number of methoxy groups -OCH3 is 1. The zero-order valence-electron chi connectivity index (χ0n) is 10.5. The zero-order chi connectivity index (χ0) is 12.7. The fourth-order valence-corrected chi connectivity index (χ4v) is 2.16.